The summed E-state index contributed by atoms with van der Waals surface area (Å²) in [5, 5.41) is 0. The van der Waals surface area contributed by atoms with Crippen LogP contribution >= 0.6 is 0 Å². The topological polar surface area (TPSA) is 44.5 Å². The lowest BCUT2D eigenvalue weighted by Gasteiger charge is -2.40. The van der Waals surface area contributed by atoms with Crippen LogP contribution in [0.3, 0.4) is 0 Å². The molecular formula is C14H21NO2. The van der Waals surface area contributed by atoms with Gasteiger partial charge in [0, 0.05) is 5.54 Å². The Hall–Kier alpha value is -1.22. The molecule has 1 aromatic carbocycles. The third-order valence-corrected chi connectivity index (χ3v) is 3.31. The lowest BCUT2D eigenvalue weighted by Crippen LogP contribution is -2.44. The van der Waals surface area contributed by atoms with Crippen LogP contribution in [-0.2, 0) is 5.54 Å². The van der Waals surface area contributed by atoms with Crippen molar-refractivity contribution >= 4 is 0 Å². The Morgan fingerprint density at radius 2 is 1.88 bits per heavy atom. The minimum absolute atomic E-state index is 0.143. The maximum atomic E-state index is 6.42. The molecule has 0 heterocycles. The van der Waals surface area contributed by atoms with Gasteiger partial charge >= 0.3 is 0 Å². The van der Waals surface area contributed by atoms with Crippen LogP contribution in [0.15, 0.2) is 18.2 Å². The Morgan fingerprint density at radius 3 is 2.35 bits per heavy atom. The number of methoxy groups -OCH3 is 1. The van der Waals surface area contributed by atoms with Gasteiger partial charge in [-0.05, 0) is 45.2 Å². The Morgan fingerprint density at radius 1 is 1.24 bits per heavy atom. The van der Waals surface area contributed by atoms with Crippen LogP contribution in [0.4, 0.5) is 0 Å². The molecule has 0 unspecified atom stereocenters. The smallest absolute Gasteiger partial charge is 0.128 e. The fourth-order valence-electron chi connectivity index (χ4n) is 2.33. The molecule has 1 aliphatic carbocycles. The van der Waals surface area contributed by atoms with Crippen LogP contribution in [0.25, 0.3) is 0 Å². The molecule has 0 amide bonds. The van der Waals surface area contributed by atoms with Crippen LogP contribution in [0, 0.1) is 0 Å². The van der Waals surface area contributed by atoms with E-state index in [1.54, 1.807) is 7.11 Å². The summed E-state index contributed by atoms with van der Waals surface area (Å²) in [4.78, 5) is 0. The molecule has 1 fully saturated rings. The number of nitrogens with two attached hydrogens (primary N) is 1. The lowest BCUT2D eigenvalue weighted by atomic mass is 9.72. The summed E-state index contributed by atoms with van der Waals surface area (Å²) in [5.41, 5.74) is 7.18. The largest absolute Gasteiger partial charge is 0.496 e. The molecule has 1 aliphatic rings. The van der Waals surface area contributed by atoms with Gasteiger partial charge in [0.25, 0.3) is 0 Å². The molecule has 0 bridgehead atoms. The van der Waals surface area contributed by atoms with E-state index in [4.69, 9.17) is 15.2 Å². The van der Waals surface area contributed by atoms with E-state index in [-0.39, 0.29) is 11.6 Å². The first-order valence-electron chi connectivity index (χ1n) is 6.20. The van der Waals surface area contributed by atoms with E-state index in [1.807, 2.05) is 32.0 Å². The predicted octanol–water partition coefficient (Wildman–Crippen LogP) is 2.82. The highest BCUT2D eigenvalue weighted by atomic mass is 16.5. The van der Waals surface area contributed by atoms with Gasteiger partial charge < -0.3 is 15.2 Å². The predicted molar refractivity (Wildman–Crippen MR) is 68.5 cm³/mol. The standard InChI is InChI=1S/C14H21NO2/c1-10(2)17-12-7-4-6-11(16-3)13(12)14(15)8-5-9-14/h4,6-7,10H,5,8-9,15H2,1-3H3. The first-order valence-corrected chi connectivity index (χ1v) is 6.20. The second kappa shape index (κ2) is 4.57. The minimum atomic E-state index is -0.267. The molecular weight excluding hydrogens is 214 g/mol. The molecule has 0 aliphatic heterocycles. The molecule has 1 aromatic rings. The zero-order chi connectivity index (χ0) is 12.5. The first kappa shape index (κ1) is 12.2. The molecule has 0 radical (unpaired) electrons. The lowest BCUT2D eigenvalue weighted by molar-refractivity contribution is 0.204. The molecule has 3 nitrogen and oxygen atoms in total. The molecule has 17 heavy (non-hydrogen) atoms. The summed E-state index contributed by atoms with van der Waals surface area (Å²) >= 11 is 0. The minimum Gasteiger partial charge on any atom is -0.496 e. The van der Waals surface area contributed by atoms with E-state index >= 15 is 0 Å². The second-order valence-corrected chi connectivity index (χ2v) is 5.01. The molecule has 1 saturated carbocycles. The van der Waals surface area contributed by atoms with E-state index < -0.39 is 0 Å². The summed E-state index contributed by atoms with van der Waals surface area (Å²) in [6, 6.07) is 5.88. The van der Waals surface area contributed by atoms with Crippen molar-refractivity contribution < 1.29 is 9.47 Å². The molecule has 3 heteroatoms. The highest BCUT2D eigenvalue weighted by molar-refractivity contribution is 5.50. The van der Waals surface area contributed by atoms with Crippen LogP contribution in [0.5, 0.6) is 11.5 Å². The molecule has 0 aromatic heterocycles. The number of hydrogen-bond donors (Lipinski definition) is 1. The van der Waals surface area contributed by atoms with E-state index in [1.165, 1.54) is 6.42 Å². The van der Waals surface area contributed by atoms with Crippen molar-refractivity contribution in [3.63, 3.8) is 0 Å². The van der Waals surface area contributed by atoms with Crippen LogP contribution in [-0.4, -0.2) is 13.2 Å². The van der Waals surface area contributed by atoms with Crippen LogP contribution in [0.1, 0.15) is 38.7 Å². The number of ether oxygens (including phenoxy) is 2. The highest BCUT2D eigenvalue weighted by Crippen LogP contribution is 2.47. The van der Waals surface area contributed by atoms with Crippen LogP contribution in [0.2, 0.25) is 0 Å². The van der Waals surface area contributed by atoms with Crippen molar-refractivity contribution in [2.45, 2.75) is 44.8 Å². The third kappa shape index (κ3) is 2.25. The molecule has 0 spiro atoms. The molecule has 0 saturated heterocycles. The number of hydrogen-bond acceptors (Lipinski definition) is 3. The maximum absolute atomic E-state index is 6.42. The van der Waals surface area contributed by atoms with E-state index in [9.17, 15) is 0 Å². The summed E-state index contributed by atoms with van der Waals surface area (Å²) in [6.07, 6.45) is 3.32. The summed E-state index contributed by atoms with van der Waals surface area (Å²) in [5.74, 6) is 1.70. The average Bonchev–Trinajstić information content (AvgIpc) is 2.25. The Labute approximate surface area is 103 Å². The van der Waals surface area contributed by atoms with E-state index in [0.29, 0.717) is 0 Å². The van der Waals surface area contributed by atoms with Gasteiger partial charge in [-0.1, -0.05) is 6.07 Å². The van der Waals surface area contributed by atoms with Gasteiger partial charge in [-0.2, -0.15) is 0 Å². The zero-order valence-electron chi connectivity index (χ0n) is 10.8. The molecule has 94 valence electrons. The Bertz CT molecular complexity index is 397. The van der Waals surface area contributed by atoms with Gasteiger partial charge in [-0.15, -0.1) is 0 Å². The van der Waals surface area contributed by atoms with Gasteiger partial charge in [-0.3, -0.25) is 0 Å². The van der Waals surface area contributed by atoms with Crippen molar-refractivity contribution in [1.29, 1.82) is 0 Å². The second-order valence-electron chi connectivity index (χ2n) is 5.01. The zero-order valence-corrected chi connectivity index (χ0v) is 10.8. The highest BCUT2D eigenvalue weighted by Gasteiger charge is 2.39. The fourth-order valence-corrected chi connectivity index (χ4v) is 2.33. The van der Waals surface area contributed by atoms with Gasteiger partial charge in [0.05, 0.1) is 18.8 Å². The summed E-state index contributed by atoms with van der Waals surface area (Å²) in [6.45, 7) is 4.04. The monoisotopic (exact) mass is 235 g/mol. The molecule has 2 rings (SSSR count). The van der Waals surface area contributed by atoms with Crippen molar-refractivity contribution in [2.24, 2.45) is 5.73 Å². The van der Waals surface area contributed by atoms with Gasteiger partial charge in [0.2, 0.25) is 0 Å². The van der Waals surface area contributed by atoms with Crippen LogP contribution < -0.4 is 15.2 Å². The Kier molecular flexibility index (Phi) is 3.29. The SMILES string of the molecule is COc1cccc(OC(C)C)c1C1(N)CCC1. The number of benzene rings is 1. The average molecular weight is 235 g/mol. The maximum Gasteiger partial charge on any atom is 0.128 e. The molecule has 2 N–H and O–H groups in total. The Balaban J connectivity index is 2.44. The normalized spacial score (nSPS) is 17.7. The van der Waals surface area contributed by atoms with Gasteiger partial charge in [0.1, 0.15) is 11.5 Å². The first-order chi connectivity index (χ1) is 8.07. The van der Waals surface area contributed by atoms with Gasteiger partial charge in [0.15, 0.2) is 0 Å². The van der Waals surface area contributed by atoms with Crippen molar-refractivity contribution in [3.05, 3.63) is 23.8 Å². The summed E-state index contributed by atoms with van der Waals surface area (Å²) in [7, 11) is 1.68. The van der Waals surface area contributed by atoms with Crippen molar-refractivity contribution in [2.75, 3.05) is 7.11 Å². The quantitative estimate of drug-likeness (QED) is 0.872. The van der Waals surface area contributed by atoms with E-state index in [0.717, 1.165) is 29.9 Å². The number of rotatable bonds is 4. The fraction of sp³-hybridized carbons (Fsp3) is 0.571. The third-order valence-electron chi connectivity index (χ3n) is 3.31. The van der Waals surface area contributed by atoms with Gasteiger partial charge in [-0.25, -0.2) is 0 Å². The van der Waals surface area contributed by atoms with E-state index in [2.05, 4.69) is 0 Å². The summed E-state index contributed by atoms with van der Waals surface area (Å²) < 4.78 is 11.3. The van der Waals surface area contributed by atoms with Crippen molar-refractivity contribution in [1.82, 2.24) is 0 Å². The van der Waals surface area contributed by atoms with Crippen molar-refractivity contribution in [3.8, 4) is 11.5 Å². The molecule has 0 atom stereocenters.